The number of aromatic amines is 1. The van der Waals surface area contributed by atoms with Gasteiger partial charge in [0, 0.05) is 6.20 Å². The van der Waals surface area contributed by atoms with Crippen LogP contribution in [0.15, 0.2) is 18.3 Å². The van der Waals surface area contributed by atoms with Crippen LogP contribution in [0.4, 0.5) is 0 Å². The molecule has 0 saturated heterocycles. The van der Waals surface area contributed by atoms with Crippen LogP contribution in [0.25, 0.3) is 11.2 Å². The maximum atomic E-state index is 4.15. The zero-order valence-electron chi connectivity index (χ0n) is 5.63. The molecule has 0 radical (unpaired) electrons. The number of aryl methyl sites for hydroxylation is 1. The Morgan fingerprint density at radius 3 is 3.00 bits per heavy atom. The molecule has 3 heteroatoms. The average Bonchev–Trinajstić information content (AvgIpc) is 2.27. The summed E-state index contributed by atoms with van der Waals surface area (Å²) in [5.74, 6) is 0.911. The largest absolute Gasteiger partial charge is 0.341 e. The molecule has 0 bridgehead atoms. The van der Waals surface area contributed by atoms with Gasteiger partial charge in [-0.15, -0.1) is 0 Å². The number of nitrogens with zero attached hydrogens (tertiary/aromatic N) is 2. The molecule has 11 heavy (non-hydrogen) atoms. The number of fused-ring (bicyclic) bond motifs is 1. The lowest BCUT2D eigenvalue weighted by Gasteiger charge is -1.80. The van der Waals surface area contributed by atoms with Crippen molar-refractivity contribution in [3.63, 3.8) is 0 Å². The summed E-state index contributed by atoms with van der Waals surface area (Å²) in [5.41, 5.74) is 1.79. The molecule has 58 valence electrons. The van der Waals surface area contributed by atoms with Gasteiger partial charge in [-0.25, -0.2) is 9.97 Å². The van der Waals surface area contributed by atoms with Gasteiger partial charge in [-0.1, -0.05) is 7.43 Å². The molecule has 1 N–H and O–H groups in total. The van der Waals surface area contributed by atoms with Crippen LogP contribution in [-0.2, 0) is 0 Å². The zero-order valence-corrected chi connectivity index (χ0v) is 5.63. The molecule has 0 unspecified atom stereocenters. The summed E-state index contributed by atoms with van der Waals surface area (Å²) in [6.45, 7) is 1.92. The van der Waals surface area contributed by atoms with Crippen LogP contribution in [0, 0.1) is 6.92 Å². The van der Waals surface area contributed by atoms with Gasteiger partial charge < -0.3 is 4.98 Å². The second kappa shape index (κ2) is 2.70. The Hall–Kier alpha value is -1.38. The standard InChI is InChI=1S/C7H7N3.CH4/c1-5-9-6-3-2-4-8-7(6)10-5;/h2-4H,1H3,(H,8,9,10);1H4. The van der Waals surface area contributed by atoms with Crippen LogP contribution in [0.2, 0.25) is 0 Å². The van der Waals surface area contributed by atoms with Gasteiger partial charge in [-0.05, 0) is 19.1 Å². The molecule has 0 aliphatic rings. The highest BCUT2D eigenvalue weighted by Crippen LogP contribution is 2.05. The Morgan fingerprint density at radius 1 is 1.45 bits per heavy atom. The van der Waals surface area contributed by atoms with Crippen molar-refractivity contribution in [3.8, 4) is 0 Å². The Balaban J connectivity index is 0.000000605. The molecule has 2 aromatic rings. The summed E-state index contributed by atoms with van der Waals surface area (Å²) >= 11 is 0. The van der Waals surface area contributed by atoms with Crippen molar-refractivity contribution in [1.29, 1.82) is 0 Å². The van der Waals surface area contributed by atoms with Crippen LogP contribution < -0.4 is 0 Å². The molecule has 2 heterocycles. The minimum Gasteiger partial charge on any atom is -0.341 e. The van der Waals surface area contributed by atoms with Gasteiger partial charge in [0.25, 0.3) is 0 Å². The fourth-order valence-electron chi connectivity index (χ4n) is 0.965. The number of imidazole rings is 1. The van der Waals surface area contributed by atoms with Crippen LogP contribution in [0.1, 0.15) is 13.3 Å². The Bertz CT molecular complexity index is 318. The van der Waals surface area contributed by atoms with Crippen LogP contribution in [0.5, 0.6) is 0 Å². The third-order valence-corrected chi connectivity index (χ3v) is 1.38. The van der Waals surface area contributed by atoms with Crippen molar-refractivity contribution in [2.75, 3.05) is 0 Å². The van der Waals surface area contributed by atoms with E-state index in [4.69, 9.17) is 0 Å². The number of pyridine rings is 1. The molecule has 0 aliphatic heterocycles. The summed E-state index contributed by atoms with van der Waals surface area (Å²) < 4.78 is 0. The van der Waals surface area contributed by atoms with E-state index < -0.39 is 0 Å². The molecule has 0 aromatic carbocycles. The highest BCUT2D eigenvalue weighted by molar-refractivity contribution is 5.69. The molecular formula is C8H11N3. The highest BCUT2D eigenvalue weighted by Gasteiger charge is 1.95. The summed E-state index contributed by atoms with van der Waals surface area (Å²) in [4.78, 5) is 11.3. The molecule has 2 aromatic heterocycles. The second-order valence-corrected chi connectivity index (χ2v) is 2.20. The molecule has 0 amide bonds. The SMILES string of the molecule is C.Cc1nc2ncccc2[nH]1. The second-order valence-electron chi connectivity index (χ2n) is 2.20. The third kappa shape index (κ3) is 1.22. The van der Waals surface area contributed by atoms with E-state index in [0.29, 0.717) is 0 Å². The normalized spacial score (nSPS) is 9.55. The Morgan fingerprint density at radius 2 is 2.27 bits per heavy atom. The first-order chi connectivity index (χ1) is 4.86. The first kappa shape index (κ1) is 7.72. The molecule has 0 saturated carbocycles. The van der Waals surface area contributed by atoms with Gasteiger partial charge in [0.2, 0.25) is 0 Å². The third-order valence-electron chi connectivity index (χ3n) is 1.38. The van der Waals surface area contributed by atoms with Crippen LogP contribution in [-0.4, -0.2) is 15.0 Å². The van der Waals surface area contributed by atoms with E-state index in [1.807, 2.05) is 19.1 Å². The van der Waals surface area contributed by atoms with Gasteiger partial charge in [0.15, 0.2) is 5.65 Å². The molecule has 0 aliphatic carbocycles. The Kier molecular flexibility index (Phi) is 1.89. The van der Waals surface area contributed by atoms with E-state index in [2.05, 4.69) is 15.0 Å². The summed E-state index contributed by atoms with van der Waals surface area (Å²) in [5, 5.41) is 0. The number of rotatable bonds is 0. The number of nitrogens with one attached hydrogen (secondary N) is 1. The maximum Gasteiger partial charge on any atom is 0.177 e. The van der Waals surface area contributed by atoms with E-state index in [1.54, 1.807) is 6.20 Å². The maximum absolute atomic E-state index is 4.15. The molecule has 0 spiro atoms. The van der Waals surface area contributed by atoms with Crippen molar-refractivity contribution in [3.05, 3.63) is 24.2 Å². The van der Waals surface area contributed by atoms with E-state index in [0.717, 1.165) is 17.0 Å². The van der Waals surface area contributed by atoms with Crippen molar-refractivity contribution < 1.29 is 0 Å². The Labute approximate surface area is 65.5 Å². The van der Waals surface area contributed by atoms with Gasteiger partial charge in [-0.3, -0.25) is 0 Å². The summed E-state index contributed by atoms with van der Waals surface area (Å²) in [6, 6.07) is 3.85. The van der Waals surface area contributed by atoms with Gasteiger partial charge in [0.05, 0.1) is 5.52 Å². The monoisotopic (exact) mass is 149 g/mol. The average molecular weight is 149 g/mol. The lowest BCUT2D eigenvalue weighted by molar-refractivity contribution is 1.16. The van der Waals surface area contributed by atoms with E-state index in [-0.39, 0.29) is 7.43 Å². The number of aromatic nitrogens is 3. The summed E-state index contributed by atoms with van der Waals surface area (Å²) in [7, 11) is 0. The molecule has 0 atom stereocenters. The van der Waals surface area contributed by atoms with E-state index >= 15 is 0 Å². The van der Waals surface area contributed by atoms with Gasteiger partial charge in [-0.2, -0.15) is 0 Å². The van der Waals surface area contributed by atoms with Crippen LogP contribution >= 0.6 is 0 Å². The molecule has 3 nitrogen and oxygen atoms in total. The van der Waals surface area contributed by atoms with Gasteiger partial charge >= 0.3 is 0 Å². The van der Waals surface area contributed by atoms with Crippen molar-refractivity contribution >= 4 is 11.2 Å². The van der Waals surface area contributed by atoms with Crippen molar-refractivity contribution in [2.24, 2.45) is 0 Å². The fraction of sp³-hybridized carbons (Fsp3) is 0.250. The fourth-order valence-corrected chi connectivity index (χ4v) is 0.965. The van der Waals surface area contributed by atoms with Crippen LogP contribution in [0.3, 0.4) is 0 Å². The minimum atomic E-state index is 0. The quantitative estimate of drug-likeness (QED) is 0.621. The first-order valence-electron chi connectivity index (χ1n) is 3.13. The predicted octanol–water partition coefficient (Wildman–Crippen LogP) is 1.90. The highest BCUT2D eigenvalue weighted by atomic mass is 15.0. The molecule has 2 rings (SSSR count). The zero-order chi connectivity index (χ0) is 6.97. The molecular weight excluding hydrogens is 138 g/mol. The number of hydrogen-bond acceptors (Lipinski definition) is 2. The predicted molar refractivity (Wildman–Crippen MR) is 45.4 cm³/mol. The first-order valence-corrected chi connectivity index (χ1v) is 3.13. The van der Waals surface area contributed by atoms with E-state index in [9.17, 15) is 0 Å². The smallest absolute Gasteiger partial charge is 0.177 e. The minimum absolute atomic E-state index is 0. The lowest BCUT2D eigenvalue weighted by atomic mass is 10.4. The topological polar surface area (TPSA) is 41.6 Å². The lowest BCUT2D eigenvalue weighted by Crippen LogP contribution is -1.72. The van der Waals surface area contributed by atoms with E-state index in [1.165, 1.54) is 0 Å². The van der Waals surface area contributed by atoms with Gasteiger partial charge in [0.1, 0.15) is 5.82 Å². The summed E-state index contributed by atoms with van der Waals surface area (Å²) in [6.07, 6.45) is 1.74. The number of H-pyrrole nitrogens is 1. The van der Waals surface area contributed by atoms with Crippen molar-refractivity contribution in [2.45, 2.75) is 14.4 Å². The number of hydrogen-bond donors (Lipinski definition) is 1. The molecule has 0 fully saturated rings. The van der Waals surface area contributed by atoms with Crippen molar-refractivity contribution in [1.82, 2.24) is 15.0 Å².